The molecule has 1 heterocycles. The largest absolute Gasteiger partial charge is 0.494 e. The minimum absolute atomic E-state index is 0.0153. The van der Waals surface area contributed by atoms with Gasteiger partial charge in [-0.2, -0.15) is 0 Å². The van der Waals surface area contributed by atoms with Crippen molar-refractivity contribution in [1.29, 1.82) is 0 Å². The minimum atomic E-state index is -0.886. The minimum Gasteiger partial charge on any atom is -0.494 e. The first-order valence-electron chi connectivity index (χ1n) is 22.3. The molecule has 0 aliphatic carbocycles. The van der Waals surface area contributed by atoms with Crippen LogP contribution in [-0.4, -0.2) is 127 Å². The molecule has 4 amide bonds. The van der Waals surface area contributed by atoms with E-state index in [0.717, 1.165) is 24.2 Å². The number of likely N-dealkylation sites (tertiary alicyclic amines) is 1. The highest BCUT2D eigenvalue weighted by Gasteiger charge is 2.43. The van der Waals surface area contributed by atoms with E-state index in [1.807, 2.05) is 115 Å². The standard InChI is InChI=1S/C48H77N5O8/c1-14-32(7)43(52(11)48(58)41(30(3)4)50-47(57)42(31(5)6)51(10)29-35-23-25-37(26-24-35)61-15-2)39(59-12)28-40(54)53-27-19-22-38(53)45(60-13)33(8)46(56)49-34(9)44(55)36-20-17-16-18-21-36/h16-18,20-21,23-26,30-34,38-39,41-45,55H,14-15,19,22,27-29H2,1-13H3,(H,49,56)(H,50,57)/t32-,33+,34+,38-,39+,41-,42-,43-,44+,45+/m0/s1. The van der Waals surface area contributed by atoms with Crippen molar-refractivity contribution >= 4 is 23.6 Å². The van der Waals surface area contributed by atoms with Gasteiger partial charge in [-0.1, -0.05) is 97.4 Å². The van der Waals surface area contributed by atoms with Gasteiger partial charge in [-0.25, -0.2) is 0 Å². The molecule has 1 fully saturated rings. The number of likely N-dealkylation sites (N-methyl/N-ethyl adjacent to an activating group) is 2. The van der Waals surface area contributed by atoms with Crippen LogP contribution >= 0.6 is 0 Å². The summed E-state index contributed by atoms with van der Waals surface area (Å²) in [6.07, 6.45) is 0.0340. The van der Waals surface area contributed by atoms with Gasteiger partial charge in [0, 0.05) is 34.4 Å². The summed E-state index contributed by atoms with van der Waals surface area (Å²) >= 11 is 0. The highest BCUT2D eigenvalue weighted by Crippen LogP contribution is 2.30. The van der Waals surface area contributed by atoms with Crippen LogP contribution in [0, 0.1) is 23.7 Å². The Bertz CT molecular complexity index is 1660. The summed E-state index contributed by atoms with van der Waals surface area (Å²) < 4.78 is 17.6. The fourth-order valence-corrected chi connectivity index (χ4v) is 8.91. The Kier molecular flexibility index (Phi) is 20.7. The van der Waals surface area contributed by atoms with Gasteiger partial charge in [-0.05, 0) is 74.8 Å². The number of nitrogens with zero attached hydrogens (tertiary/aromatic N) is 3. The highest BCUT2D eigenvalue weighted by atomic mass is 16.5. The number of benzene rings is 2. The van der Waals surface area contributed by atoms with Crippen LogP contribution in [0.2, 0.25) is 0 Å². The molecule has 0 saturated carbocycles. The summed E-state index contributed by atoms with van der Waals surface area (Å²) in [5, 5.41) is 17.0. The summed E-state index contributed by atoms with van der Waals surface area (Å²) in [5.74, 6) is -1.00. The monoisotopic (exact) mass is 852 g/mol. The Morgan fingerprint density at radius 1 is 0.852 bits per heavy atom. The van der Waals surface area contributed by atoms with Crippen LogP contribution < -0.4 is 15.4 Å². The van der Waals surface area contributed by atoms with Crippen molar-refractivity contribution in [3.05, 3.63) is 65.7 Å². The van der Waals surface area contributed by atoms with Gasteiger partial charge in [0.15, 0.2) is 0 Å². The molecule has 3 N–H and O–H groups in total. The molecular formula is C48H77N5O8. The molecule has 0 unspecified atom stereocenters. The quantitative estimate of drug-likeness (QED) is 0.118. The number of hydrogen-bond acceptors (Lipinski definition) is 9. The number of ether oxygens (including phenoxy) is 3. The Morgan fingerprint density at radius 2 is 1.49 bits per heavy atom. The molecule has 1 aliphatic heterocycles. The first kappa shape index (κ1) is 51.3. The molecular weight excluding hydrogens is 775 g/mol. The van der Waals surface area contributed by atoms with Crippen LogP contribution in [0.3, 0.4) is 0 Å². The van der Waals surface area contributed by atoms with Crippen LogP contribution in [0.15, 0.2) is 54.6 Å². The first-order valence-corrected chi connectivity index (χ1v) is 22.3. The molecule has 3 rings (SSSR count). The molecule has 0 aromatic heterocycles. The number of hydrogen-bond donors (Lipinski definition) is 3. The van der Waals surface area contributed by atoms with E-state index < -0.39 is 48.4 Å². The lowest BCUT2D eigenvalue weighted by molar-refractivity contribution is -0.148. The SMILES string of the molecule is CCOc1ccc(CN(C)[C@H](C(=O)N[C@H](C(=O)N(C)[C@@H]([C@@H](C)CC)[C@@H](CC(=O)N2CCC[C@H]2[C@H](OC)[C@@H](C)C(=O)N[C@H](C)[C@@H](O)c2ccccc2)OC)C(C)C)C(C)C)cc1. The number of aliphatic hydroxyl groups is 1. The molecule has 1 saturated heterocycles. The van der Waals surface area contributed by atoms with Gasteiger partial charge in [-0.3, -0.25) is 24.1 Å². The average Bonchev–Trinajstić information content (AvgIpc) is 3.72. The van der Waals surface area contributed by atoms with Crippen molar-refractivity contribution in [3.8, 4) is 5.75 Å². The number of methoxy groups -OCH3 is 2. The predicted molar refractivity (Wildman–Crippen MR) is 240 cm³/mol. The lowest BCUT2D eigenvalue weighted by Gasteiger charge is -2.41. The molecule has 1 aliphatic rings. The zero-order valence-electron chi connectivity index (χ0n) is 39.2. The fourth-order valence-electron chi connectivity index (χ4n) is 8.91. The Hall–Kier alpha value is -4.04. The van der Waals surface area contributed by atoms with E-state index >= 15 is 0 Å². The second kappa shape index (κ2) is 24.6. The Labute approximate surface area is 366 Å². The summed E-state index contributed by atoms with van der Waals surface area (Å²) in [7, 11) is 6.79. The molecule has 0 radical (unpaired) electrons. The van der Waals surface area contributed by atoms with Crippen molar-refractivity contribution in [1.82, 2.24) is 25.3 Å². The van der Waals surface area contributed by atoms with Crippen molar-refractivity contribution < 1.29 is 38.5 Å². The molecule has 0 bridgehead atoms. The van der Waals surface area contributed by atoms with Crippen molar-refractivity contribution in [2.24, 2.45) is 23.7 Å². The van der Waals surface area contributed by atoms with Crippen molar-refractivity contribution in [2.75, 3.05) is 41.5 Å². The molecule has 0 spiro atoms. The Morgan fingerprint density at radius 3 is 2.03 bits per heavy atom. The van der Waals surface area contributed by atoms with Crippen LogP contribution in [0.4, 0.5) is 0 Å². The topological polar surface area (TPSA) is 150 Å². The summed E-state index contributed by atoms with van der Waals surface area (Å²) in [4.78, 5) is 62.1. The lowest BCUT2D eigenvalue weighted by Crippen LogP contribution is -2.60. The third-order valence-corrected chi connectivity index (χ3v) is 12.5. The first-order chi connectivity index (χ1) is 28.9. The van der Waals surface area contributed by atoms with Crippen molar-refractivity contribution in [3.63, 3.8) is 0 Å². The highest BCUT2D eigenvalue weighted by molar-refractivity contribution is 5.90. The zero-order chi connectivity index (χ0) is 45.6. The molecule has 342 valence electrons. The van der Waals surface area contributed by atoms with Crippen LogP contribution in [-0.2, 0) is 35.2 Å². The number of amides is 4. The maximum Gasteiger partial charge on any atom is 0.245 e. The lowest BCUT2D eigenvalue weighted by atomic mass is 9.89. The van der Waals surface area contributed by atoms with Crippen LogP contribution in [0.5, 0.6) is 5.75 Å². The molecule has 2 aromatic rings. The third-order valence-electron chi connectivity index (χ3n) is 12.5. The number of carbonyl (C=O) groups excluding carboxylic acids is 4. The number of nitrogens with one attached hydrogen (secondary N) is 2. The zero-order valence-corrected chi connectivity index (χ0v) is 39.2. The van der Waals surface area contributed by atoms with Gasteiger partial charge in [0.25, 0.3) is 0 Å². The summed E-state index contributed by atoms with van der Waals surface area (Å²) in [6, 6.07) is 14.4. The predicted octanol–water partition coefficient (Wildman–Crippen LogP) is 5.84. The molecule has 13 nitrogen and oxygen atoms in total. The molecule has 13 heteroatoms. The molecule has 10 atom stereocenters. The van der Waals surface area contributed by atoms with Gasteiger partial charge in [0.05, 0.1) is 61.4 Å². The Balaban J connectivity index is 1.76. The molecule has 61 heavy (non-hydrogen) atoms. The van der Waals surface area contributed by atoms with Crippen LogP contribution in [0.25, 0.3) is 0 Å². The average molecular weight is 852 g/mol. The number of aliphatic hydroxyl groups excluding tert-OH is 1. The summed E-state index contributed by atoms with van der Waals surface area (Å²) in [5.41, 5.74) is 1.75. The maximum absolute atomic E-state index is 14.6. The summed E-state index contributed by atoms with van der Waals surface area (Å²) in [6.45, 7) is 19.1. The van der Waals surface area contributed by atoms with E-state index in [2.05, 4.69) is 10.6 Å². The van der Waals surface area contributed by atoms with E-state index in [0.29, 0.717) is 31.7 Å². The van der Waals surface area contributed by atoms with E-state index in [4.69, 9.17) is 14.2 Å². The van der Waals surface area contributed by atoms with E-state index in [-0.39, 0.29) is 53.8 Å². The molecule has 2 aromatic carbocycles. The second-order valence-electron chi connectivity index (χ2n) is 17.7. The van der Waals surface area contributed by atoms with Gasteiger partial charge >= 0.3 is 0 Å². The van der Waals surface area contributed by atoms with E-state index in [1.54, 1.807) is 44.9 Å². The number of rotatable bonds is 24. The van der Waals surface area contributed by atoms with Gasteiger partial charge < -0.3 is 39.8 Å². The van der Waals surface area contributed by atoms with E-state index in [1.165, 1.54) is 0 Å². The normalized spacial score (nSPS) is 18.8. The van der Waals surface area contributed by atoms with Gasteiger partial charge in [-0.15, -0.1) is 0 Å². The third kappa shape index (κ3) is 13.7. The van der Waals surface area contributed by atoms with Crippen molar-refractivity contribution in [2.45, 2.75) is 143 Å². The van der Waals surface area contributed by atoms with Crippen LogP contribution in [0.1, 0.15) is 105 Å². The number of carbonyl (C=O) groups is 4. The fraction of sp³-hybridized carbons (Fsp3) is 0.667. The van der Waals surface area contributed by atoms with Gasteiger partial charge in [0.1, 0.15) is 11.8 Å². The smallest absolute Gasteiger partial charge is 0.245 e. The van der Waals surface area contributed by atoms with E-state index in [9.17, 15) is 24.3 Å². The second-order valence-corrected chi connectivity index (χ2v) is 17.7. The maximum atomic E-state index is 14.6. The van der Waals surface area contributed by atoms with Gasteiger partial charge in [0.2, 0.25) is 23.6 Å².